The molecule has 4 bridgehead atoms. The predicted molar refractivity (Wildman–Crippen MR) is 82.3 cm³/mol. The number of hydrogen-bond donors (Lipinski definition) is 1. The van der Waals surface area contributed by atoms with E-state index in [1.165, 1.54) is 32.1 Å². The number of nitrogens with zero attached hydrogens (tertiary/aromatic N) is 1. The van der Waals surface area contributed by atoms with Gasteiger partial charge in [-0.05, 0) is 68.3 Å². The van der Waals surface area contributed by atoms with Crippen molar-refractivity contribution in [2.45, 2.75) is 45.1 Å². The van der Waals surface area contributed by atoms with Gasteiger partial charge < -0.3 is 5.32 Å². The predicted octanol–water partition coefficient (Wildman–Crippen LogP) is 4.14. The van der Waals surface area contributed by atoms with Crippen LogP contribution in [0.4, 0.5) is 11.4 Å². The maximum Gasteiger partial charge on any atom is 0.271 e. The quantitative estimate of drug-likeness (QED) is 0.671. The molecule has 4 saturated carbocycles. The number of nitro groups is 1. The molecule has 0 atom stereocenters. The van der Waals surface area contributed by atoms with Crippen LogP contribution >= 0.6 is 0 Å². The summed E-state index contributed by atoms with van der Waals surface area (Å²) in [4.78, 5) is 10.7. The van der Waals surface area contributed by atoms with Crippen LogP contribution < -0.4 is 5.32 Å². The zero-order chi connectivity index (χ0) is 14.6. The molecule has 112 valence electrons. The van der Waals surface area contributed by atoms with E-state index in [-0.39, 0.29) is 10.6 Å². The minimum Gasteiger partial charge on any atom is -0.381 e. The van der Waals surface area contributed by atoms with Gasteiger partial charge in [0.05, 0.1) is 4.92 Å². The molecule has 0 saturated heterocycles. The summed E-state index contributed by atoms with van der Waals surface area (Å²) in [6.45, 7) is 2.03. The van der Waals surface area contributed by atoms with E-state index in [9.17, 15) is 10.1 Å². The fraction of sp³-hybridized carbons (Fsp3) is 0.647. The Balaban J connectivity index is 1.59. The van der Waals surface area contributed by atoms with Gasteiger partial charge in [0, 0.05) is 23.9 Å². The number of aryl methyl sites for hydroxylation is 1. The van der Waals surface area contributed by atoms with Crippen molar-refractivity contribution >= 4 is 11.4 Å². The molecular formula is C17H22N2O2. The number of non-ortho nitro benzene ring substituents is 1. The molecule has 1 aromatic rings. The third kappa shape index (κ3) is 2.21. The summed E-state index contributed by atoms with van der Waals surface area (Å²) in [5.41, 5.74) is 2.25. The summed E-state index contributed by atoms with van der Waals surface area (Å²) in [6.07, 6.45) is 6.89. The molecule has 4 aliphatic carbocycles. The third-order valence-electron chi connectivity index (χ3n) is 5.98. The smallest absolute Gasteiger partial charge is 0.271 e. The maximum atomic E-state index is 11.0. The zero-order valence-electron chi connectivity index (χ0n) is 12.4. The van der Waals surface area contributed by atoms with Crippen LogP contribution in [0.2, 0.25) is 0 Å². The summed E-state index contributed by atoms with van der Waals surface area (Å²) in [5, 5.41) is 14.7. The van der Waals surface area contributed by atoms with Crippen LogP contribution in [-0.4, -0.2) is 11.0 Å². The van der Waals surface area contributed by atoms with E-state index >= 15 is 0 Å². The molecule has 5 rings (SSSR count). The lowest BCUT2D eigenvalue weighted by atomic mass is 9.54. The first-order valence-electron chi connectivity index (χ1n) is 8.11. The number of hydrogen-bond acceptors (Lipinski definition) is 3. The number of benzene rings is 1. The first-order valence-corrected chi connectivity index (χ1v) is 8.11. The molecule has 4 heteroatoms. The molecule has 1 aromatic carbocycles. The van der Waals surface area contributed by atoms with E-state index in [0.717, 1.165) is 34.9 Å². The normalized spacial score (nSPS) is 36.7. The van der Waals surface area contributed by atoms with Gasteiger partial charge in [-0.1, -0.05) is 6.07 Å². The monoisotopic (exact) mass is 286 g/mol. The molecule has 0 heterocycles. The third-order valence-corrected chi connectivity index (χ3v) is 5.98. The average Bonchev–Trinajstić information content (AvgIpc) is 2.43. The molecule has 0 spiro atoms. The number of nitro benzene ring substituents is 1. The average molecular weight is 286 g/mol. The minimum absolute atomic E-state index is 0.187. The van der Waals surface area contributed by atoms with Crippen LogP contribution in [0.15, 0.2) is 18.2 Å². The van der Waals surface area contributed by atoms with Gasteiger partial charge in [-0.3, -0.25) is 10.1 Å². The highest BCUT2D eigenvalue weighted by atomic mass is 16.6. The molecule has 21 heavy (non-hydrogen) atoms. The highest BCUT2D eigenvalue weighted by Gasteiger charge is 2.48. The second kappa shape index (κ2) is 4.72. The van der Waals surface area contributed by atoms with Crippen LogP contribution in [0.5, 0.6) is 0 Å². The van der Waals surface area contributed by atoms with Crippen LogP contribution in [0.25, 0.3) is 0 Å². The number of rotatable bonds is 3. The topological polar surface area (TPSA) is 55.2 Å². The highest BCUT2D eigenvalue weighted by Crippen LogP contribution is 2.54. The van der Waals surface area contributed by atoms with Crippen molar-refractivity contribution in [3.63, 3.8) is 0 Å². The Morgan fingerprint density at radius 3 is 2.29 bits per heavy atom. The van der Waals surface area contributed by atoms with Gasteiger partial charge in [0.15, 0.2) is 0 Å². The van der Waals surface area contributed by atoms with Crippen molar-refractivity contribution in [3.8, 4) is 0 Å². The molecule has 4 fully saturated rings. The SMILES string of the molecule is Cc1ccc([N+](=O)[O-])cc1NC1C2CC3CC(C2)CC1C3. The van der Waals surface area contributed by atoms with Crippen molar-refractivity contribution in [3.05, 3.63) is 33.9 Å². The Labute approximate surface area is 125 Å². The van der Waals surface area contributed by atoms with E-state index < -0.39 is 0 Å². The Kier molecular flexibility index (Phi) is 2.95. The summed E-state index contributed by atoms with van der Waals surface area (Å²) < 4.78 is 0. The summed E-state index contributed by atoms with van der Waals surface area (Å²) in [7, 11) is 0. The van der Waals surface area contributed by atoms with Crippen molar-refractivity contribution in [2.75, 3.05) is 5.32 Å². The molecule has 0 radical (unpaired) electrons. The highest BCUT2D eigenvalue weighted by molar-refractivity contribution is 5.57. The van der Waals surface area contributed by atoms with E-state index in [1.807, 2.05) is 13.0 Å². The van der Waals surface area contributed by atoms with Crippen molar-refractivity contribution in [2.24, 2.45) is 23.7 Å². The lowest BCUT2D eigenvalue weighted by molar-refractivity contribution is -0.384. The largest absolute Gasteiger partial charge is 0.381 e. The Bertz CT molecular complexity index is 556. The molecule has 0 unspecified atom stereocenters. The Hall–Kier alpha value is -1.58. The van der Waals surface area contributed by atoms with E-state index in [2.05, 4.69) is 5.32 Å². The van der Waals surface area contributed by atoms with Gasteiger partial charge in [0.25, 0.3) is 5.69 Å². The molecule has 1 N–H and O–H groups in total. The molecule has 0 aromatic heterocycles. The lowest BCUT2D eigenvalue weighted by Crippen LogP contribution is -2.51. The second-order valence-corrected chi connectivity index (χ2v) is 7.36. The van der Waals surface area contributed by atoms with Crippen LogP contribution in [-0.2, 0) is 0 Å². The molecule has 0 aliphatic heterocycles. The molecule has 4 aliphatic rings. The van der Waals surface area contributed by atoms with Crippen molar-refractivity contribution < 1.29 is 4.92 Å². The van der Waals surface area contributed by atoms with Crippen LogP contribution in [0.3, 0.4) is 0 Å². The summed E-state index contributed by atoms with van der Waals surface area (Å²) in [5.74, 6) is 3.47. The lowest BCUT2D eigenvalue weighted by Gasteiger charge is -2.54. The van der Waals surface area contributed by atoms with E-state index in [0.29, 0.717) is 6.04 Å². The second-order valence-electron chi connectivity index (χ2n) is 7.36. The van der Waals surface area contributed by atoms with Crippen LogP contribution in [0.1, 0.15) is 37.7 Å². The van der Waals surface area contributed by atoms with Gasteiger partial charge in [-0.15, -0.1) is 0 Å². The first-order chi connectivity index (χ1) is 10.1. The van der Waals surface area contributed by atoms with Crippen molar-refractivity contribution in [1.82, 2.24) is 0 Å². The standard InChI is InChI=1S/C17H22N2O2/c1-10-2-3-15(19(20)21)9-16(10)18-17-13-5-11-4-12(7-13)8-14(17)6-11/h2-3,9,11-14,17-18H,4-8H2,1H3. The van der Waals surface area contributed by atoms with Gasteiger partial charge in [-0.25, -0.2) is 0 Å². The minimum atomic E-state index is -0.304. The fourth-order valence-electron chi connectivity index (χ4n) is 5.22. The number of nitrogens with one attached hydrogen (secondary N) is 1. The summed E-state index contributed by atoms with van der Waals surface area (Å²) in [6, 6.07) is 5.69. The van der Waals surface area contributed by atoms with Gasteiger partial charge in [-0.2, -0.15) is 0 Å². The molecule has 0 amide bonds. The molecular weight excluding hydrogens is 264 g/mol. The Morgan fingerprint density at radius 2 is 1.71 bits per heavy atom. The summed E-state index contributed by atoms with van der Waals surface area (Å²) >= 11 is 0. The Morgan fingerprint density at radius 1 is 1.10 bits per heavy atom. The maximum absolute atomic E-state index is 11.0. The van der Waals surface area contributed by atoms with E-state index in [4.69, 9.17) is 0 Å². The van der Waals surface area contributed by atoms with E-state index in [1.54, 1.807) is 12.1 Å². The fourth-order valence-corrected chi connectivity index (χ4v) is 5.22. The van der Waals surface area contributed by atoms with Gasteiger partial charge in [0.1, 0.15) is 0 Å². The van der Waals surface area contributed by atoms with Gasteiger partial charge in [0.2, 0.25) is 0 Å². The van der Waals surface area contributed by atoms with Crippen LogP contribution in [0, 0.1) is 40.7 Å². The first kappa shape index (κ1) is 13.1. The molecule has 4 nitrogen and oxygen atoms in total. The number of anilines is 1. The van der Waals surface area contributed by atoms with Gasteiger partial charge >= 0.3 is 0 Å². The zero-order valence-corrected chi connectivity index (χ0v) is 12.4. The van der Waals surface area contributed by atoms with Crippen molar-refractivity contribution in [1.29, 1.82) is 0 Å².